The number of benzene rings is 1. The van der Waals surface area contributed by atoms with Crippen LogP contribution in [0.1, 0.15) is 22.8 Å². The van der Waals surface area contributed by atoms with E-state index in [-0.39, 0.29) is 5.97 Å². The molecule has 0 fully saturated rings. The number of carbonyl (C=O) groups is 1. The van der Waals surface area contributed by atoms with Gasteiger partial charge >= 0.3 is 5.97 Å². The molecule has 82 valence electrons. The minimum Gasteiger partial charge on any atom is -0.462 e. The predicted octanol–water partition coefficient (Wildman–Crippen LogP) is 1.92. The second kappa shape index (κ2) is 5.51. The monoisotopic (exact) mass is 207 g/mol. The standard InChI is InChI=1S/C12H17NO2/c1-4-15-12(14)11-8-6-5-7-10(11)9-13(2)3/h5-8H,4,9H2,1-3H3. The summed E-state index contributed by atoms with van der Waals surface area (Å²) in [5.41, 5.74) is 1.66. The van der Waals surface area contributed by atoms with Crippen molar-refractivity contribution in [2.75, 3.05) is 20.7 Å². The summed E-state index contributed by atoms with van der Waals surface area (Å²) in [6.45, 7) is 2.97. The van der Waals surface area contributed by atoms with Crippen LogP contribution in [0.3, 0.4) is 0 Å². The fourth-order valence-electron chi connectivity index (χ4n) is 1.41. The molecule has 1 rings (SSSR count). The van der Waals surface area contributed by atoms with Crippen molar-refractivity contribution in [3.8, 4) is 0 Å². The number of hydrogen-bond donors (Lipinski definition) is 0. The van der Waals surface area contributed by atoms with Crippen molar-refractivity contribution in [3.05, 3.63) is 35.4 Å². The molecule has 0 amide bonds. The Balaban J connectivity index is 2.90. The Hall–Kier alpha value is -1.35. The molecular weight excluding hydrogens is 190 g/mol. The van der Waals surface area contributed by atoms with Crippen LogP contribution in [-0.4, -0.2) is 31.6 Å². The molecule has 0 N–H and O–H groups in total. The lowest BCUT2D eigenvalue weighted by Gasteiger charge is -2.13. The molecule has 0 aliphatic heterocycles. The lowest BCUT2D eigenvalue weighted by atomic mass is 10.1. The van der Waals surface area contributed by atoms with Crippen LogP contribution in [0, 0.1) is 0 Å². The molecule has 0 radical (unpaired) electrons. The highest BCUT2D eigenvalue weighted by molar-refractivity contribution is 5.91. The van der Waals surface area contributed by atoms with E-state index in [9.17, 15) is 4.79 Å². The van der Waals surface area contributed by atoms with E-state index < -0.39 is 0 Å². The molecule has 0 spiro atoms. The zero-order valence-electron chi connectivity index (χ0n) is 9.49. The second-order valence-corrected chi connectivity index (χ2v) is 3.62. The van der Waals surface area contributed by atoms with Crippen molar-refractivity contribution in [1.29, 1.82) is 0 Å². The van der Waals surface area contributed by atoms with E-state index >= 15 is 0 Å². The summed E-state index contributed by atoms with van der Waals surface area (Å²) < 4.78 is 4.99. The Morgan fingerprint density at radius 2 is 2.00 bits per heavy atom. The largest absolute Gasteiger partial charge is 0.462 e. The highest BCUT2D eigenvalue weighted by Crippen LogP contribution is 2.11. The molecule has 0 bridgehead atoms. The third-order valence-electron chi connectivity index (χ3n) is 2.00. The van der Waals surface area contributed by atoms with Crippen LogP contribution in [0.15, 0.2) is 24.3 Å². The lowest BCUT2D eigenvalue weighted by molar-refractivity contribution is 0.0524. The molecule has 0 aliphatic carbocycles. The maximum Gasteiger partial charge on any atom is 0.338 e. The average Bonchev–Trinajstić information content (AvgIpc) is 2.18. The van der Waals surface area contributed by atoms with Crippen LogP contribution in [-0.2, 0) is 11.3 Å². The van der Waals surface area contributed by atoms with Gasteiger partial charge in [-0.2, -0.15) is 0 Å². The molecule has 0 heterocycles. The minimum atomic E-state index is -0.241. The quantitative estimate of drug-likeness (QED) is 0.706. The maximum atomic E-state index is 11.6. The normalized spacial score (nSPS) is 10.4. The topological polar surface area (TPSA) is 29.5 Å². The van der Waals surface area contributed by atoms with Crippen molar-refractivity contribution in [1.82, 2.24) is 4.90 Å². The van der Waals surface area contributed by atoms with Gasteiger partial charge in [-0.25, -0.2) is 4.79 Å². The number of ether oxygens (including phenoxy) is 1. The van der Waals surface area contributed by atoms with Gasteiger partial charge in [-0.15, -0.1) is 0 Å². The summed E-state index contributed by atoms with van der Waals surface area (Å²) in [4.78, 5) is 13.6. The Kier molecular flexibility index (Phi) is 4.31. The first-order chi connectivity index (χ1) is 7.15. The molecule has 15 heavy (non-hydrogen) atoms. The van der Waals surface area contributed by atoms with Crippen molar-refractivity contribution in [2.45, 2.75) is 13.5 Å². The second-order valence-electron chi connectivity index (χ2n) is 3.62. The Bertz CT molecular complexity index is 334. The highest BCUT2D eigenvalue weighted by atomic mass is 16.5. The number of nitrogens with zero attached hydrogens (tertiary/aromatic N) is 1. The number of esters is 1. The van der Waals surface area contributed by atoms with E-state index in [2.05, 4.69) is 0 Å². The zero-order chi connectivity index (χ0) is 11.3. The van der Waals surface area contributed by atoms with Crippen molar-refractivity contribution in [3.63, 3.8) is 0 Å². The van der Waals surface area contributed by atoms with E-state index in [4.69, 9.17) is 4.74 Å². The van der Waals surface area contributed by atoms with Crippen LogP contribution < -0.4 is 0 Å². The fraction of sp³-hybridized carbons (Fsp3) is 0.417. The van der Waals surface area contributed by atoms with Gasteiger partial charge in [0.15, 0.2) is 0 Å². The summed E-state index contributed by atoms with van der Waals surface area (Å²) in [6.07, 6.45) is 0. The number of rotatable bonds is 4. The van der Waals surface area contributed by atoms with Crippen LogP contribution in [0.5, 0.6) is 0 Å². The lowest BCUT2D eigenvalue weighted by Crippen LogP contribution is -2.15. The molecular formula is C12H17NO2. The number of hydrogen-bond acceptors (Lipinski definition) is 3. The maximum absolute atomic E-state index is 11.6. The van der Waals surface area contributed by atoms with Gasteiger partial charge in [0.1, 0.15) is 0 Å². The Labute approximate surface area is 90.7 Å². The summed E-state index contributed by atoms with van der Waals surface area (Å²) in [6, 6.07) is 7.54. The van der Waals surface area contributed by atoms with E-state index in [0.717, 1.165) is 12.1 Å². The molecule has 3 nitrogen and oxygen atoms in total. The molecule has 3 heteroatoms. The van der Waals surface area contributed by atoms with Crippen molar-refractivity contribution >= 4 is 5.97 Å². The van der Waals surface area contributed by atoms with Gasteiger partial charge in [-0.1, -0.05) is 18.2 Å². The first-order valence-corrected chi connectivity index (χ1v) is 5.05. The third kappa shape index (κ3) is 3.36. The summed E-state index contributed by atoms with van der Waals surface area (Å²) in [5.74, 6) is -0.241. The first kappa shape index (κ1) is 11.7. The average molecular weight is 207 g/mol. The molecule has 0 saturated heterocycles. The van der Waals surface area contributed by atoms with Crippen molar-refractivity contribution < 1.29 is 9.53 Å². The molecule has 0 aliphatic rings. The van der Waals surface area contributed by atoms with Gasteiger partial charge in [0.2, 0.25) is 0 Å². The smallest absolute Gasteiger partial charge is 0.338 e. The van der Waals surface area contributed by atoms with E-state index in [1.807, 2.05) is 44.1 Å². The van der Waals surface area contributed by atoms with Gasteiger partial charge < -0.3 is 9.64 Å². The third-order valence-corrected chi connectivity index (χ3v) is 2.00. The molecule has 0 atom stereocenters. The minimum absolute atomic E-state index is 0.241. The molecule has 0 unspecified atom stereocenters. The Morgan fingerprint density at radius 3 is 2.60 bits per heavy atom. The van der Waals surface area contributed by atoms with Gasteiger partial charge in [0.25, 0.3) is 0 Å². The molecule has 1 aromatic rings. The molecule has 0 aromatic heterocycles. The highest BCUT2D eigenvalue weighted by Gasteiger charge is 2.11. The first-order valence-electron chi connectivity index (χ1n) is 5.05. The molecule has 1 aromatic carbocycles. The predicted molar refractivity (Wildman–Crippen MR) is 59.8 cm³/mol. The zero-order valence-corrected chi connectivity index (χ0v) is 9.49. The van der Waals surface area contributed by atoms with E-state index in [1.54, 1.807) is 6.07 Å². The van der Waals surface area contributed by atoms with Crippen molar-refractivity contribution in [2.24, 2.45) is 0 Å². The van der Waals surface area contributed by atoms with Gasteiger partial charge in [0.05, 0.1) is 12.2 Å². The summed E-state index contributed by atoms with van der Waals surface area (Å²) >= 11 is 0. The SMILES string of the molecule is CCOC(=O)c1ccccc1CN(C)C. The van der Waals surface area contributed by atoms with Crippen LogP contribution >= 0.6 is 0 Å². The fourth-order valence-corrected chi connectivity index (χ4v) is 1.41. The van der Waals surface area contributed by atoms with Gasteiger partial charge in [-0.05, 0) is 32.6 Å². The van der Waals surface area contributed by atoms with Crippen LogP contribution in [0.25, 0.3) is 0 Å². The van der Waals surface area contributed by atoms with Gasteiger partial charge in [-0.3, -0.25) is 0 Å². The van der Waals surface area contributed by atoms with E-state index in [1.165, 1.54) is 0 Å². The summed E-state index contributed by atoms with van der Waals surface area (Å²) in [5, 5.41) is 0. The van der Waals surface area contributed by atoms with E-state index in [0.29, 0.717) is 12.2 Å². The molecule has 0 saturated carbocycles. The Morgan fingerprint density at radius 1 is 1.33 bits per heavy atom. The summed E-state index contributed by atoms with van der Waals surface area (Å²) in [7, 11) is 3.95. The van der Waals surface area contributed by atoms with Gasteiger partial charge in [0, 0.05) is 6.54 Å². The van der Waals surface area contributed by atoms with Crippen LogP contribution in [0.4, 0.5) is 0 Å². The van der Waals surface area contributed by atoms with Crippen LogP contribution in [0.2, 0.25) is 0 Å². The number of carbonyl (C=O) groups excluding carboxylic acids is 1.